The molecule has 7 nitrogen and oxygen atoms in total. The van der Waals surface area contributed by atoms with Gasteiger partial charge in [-0.15, -0.1) is 10.2 Å². The molecule has 1 amide bonds. The highest BCUT2D eigenvalue weighted by Gasteiger charge is 2.37. The lowest BCUT2D eigenvalue weighted by Crippen LogP contribution is -2.41. The van der Waals surface area contributed by atoms with Crippen LogP contribution < -0.4 is 15.5 Å². The average molecular weight is 492 g/mol. The summed E-state index contributed by atoms with van der Waals surface area (Å²) in [6.45, 7) is 4.33. The van der Waals surface area contributed by atoms with Gasteiger partial charge < -0.3 is 15.5 Å². The van der Waals surface area contributed by atoms with E-state index in [1.807, 2.05) is 38.1 Å². The van der Waals surface area contributed by atoms with Crippen LogP contribution in [0.2, 0.25) is 0 Å². The monoisotopic (exact) mass is 491 g/mol. The zero-order valence-electron chi connectivity index (χ0n) is 16.2. The van der Waals surface area contributed by atoms with Crippen LogP contribution in [-0.2, 0) is 4.79 Å². The molecule has 2 unspecified atom stereocenters. The van der Waals surface area contributed by atoms with E-state index in [9.17, 15) is 9.18 Å². The zero-order chi connectivity index (χ0) is 21.3. The fraction of sp³-hybridized carbons (Fsp3) is 0.250. The zero-order valence-corrected chi connectivity index (χ0v) is 18.6. The van der Waals surface area contributed by atoms with E-state index in [0.29, 0.717) is 22.1 Å². The number of hydrogen-bond donors (Lipinski definition) is 2. The second-order valence-corrected chi connectivity index (χ2v) is 8.65. The number of nitrogens with one attached hydrogen (secondary N) is 2. The standard InChI is InChI=1S/C20H19BrFN5O2S/c1-3-29-14-7-4-12(5-8-14)17-18(30-20-25-24-11(2)27(20)26-17)19(28)23-16-9-6-13(21)10-15(16)22/h4-10,17-18,26H,3H2,1-2H3,(H,23,28). The molecule has 3 aromatic rings. The third kappa shape index (κ3) is 4.15. The fourth-order valence-corrected chi connectivity index (χ4v) is 4.60. The molecule has 0 saturated carbocycles. The van der Waals surface area contributed by atoms with Gasteiger partial charge in [0, 0.05) is 4.47 Å². The summed E-state index contributed by atoms with van der Waals surface area (Å²) in [7, 11) is 0. The molecule has 0 radical (unpaired) electrons. The number of carbonyl (C=O) groups excluding carboxylic acids is 1. The number of aryl methyl sites for hydroxylation is 1. The van der Waals surface area contributed by atoms with E-state index < -0.39 is 11.1 Å². The van der Waals surface area contributed by atoms with Gasteiger partial charge in [-0.2, -0.15) is 0 Å². The smallest absolute Gasteiger partial charge is 0.240 e. The minimum atomic E-state index is -0.595. The third-order valence-electron chi connectivity index (χ3n) is 4.60. The number of ether oxygens (including phenoxy) is 1. The summed E-state index contributed by atoms with van der Waals surface area (Å²) in [6, 6.07) is 11.7. The Kier molecular flexibility index (Phi) is 5.96. The Morgan fingerprint density at radius 1 is 1.30 bits per heavy atom. The van der Waals surface area contributed by atoms with E-state index in [1.165, 1.54) is 23.9 Å². The molecule has 156 valence electrons. The number of thioether (sulfide) groups is 1. The molecule has 0 spiro atoms. The van der Waals surface area contributed by atoms with Crippen LogP contribution in [0.1, 0.15) is 24.4 Å². The minimum absolute atomic E-state index is 0.123. The van der Waals surface area contributed by atoms with Crippen LogP contribution in [0.25, 0.3) is 0 Å². The third-order valence-corrected chi connectivity index (χ3v) is 6.30. The predicted molar refractivity (Wildman–Crippen MR) is 117 cm³/mol. The Bertz CT molecular complexity index is 1080. The maximum Gasteiger partial charge on any atom is 0.240 e. The first-order valence-electron chi connectivity index (χ1n) is 9.30. The molecule has 0 saturated heterocycles. The van der Waals surface area contributed by atoms with Gasteiger partial charge in [0.25, 0.3) is 0 Å². The maximum absolute atomic E-state index is 14.2. The predicted octanol–water partition coefficient (Wildman–Crippen LogP) is 4.28. The number of aromatic nitrogens is 3. The molecule has 30 heavy (non-hydrogen) atoms. The summed E-state index contributed by atoms with van der Waals surface area (Å²) >= 11 is 4.50. The molecule has 2 N–H and O–H groups in total. The number of halogens is 2. The summed E-state index contributed by atoms with van der Waals surface area (Å²) in [6.07, 6.45) is 0. The number of hydrogen-bond acceptors (Lipinski definition) is 6. The highest BCUT2D eigenvalue weighted by molar-refractivity contribution is 9.10. The van der Waals surface area contributed by atoms with E-state index in [2.05, 4.69) is 36.9 Å². The topological polar surface area (TPSA) is 81.1 Å². The second kappa shape index (κ2) is 8.65. The van der Waals surface area contributed by atoms with Gasteiger partial charge in [0.2, 0.25) is 11.1 Å². The molecule has 0 fully saturated rings. The lowest BCUT2D eigenvalue weighted by molar-refractivity contribution is -0.116. The lowest BCUT2D eigenvalue weighted by Gasteiger charge is -2.32. The highest BCUT2D eigenvalue weighted by Crippen LogP contribution is 2.38. The number of rotatable bonds is 5. The summed E-state index contributed by atoms with van der Waals surface area (Å²) in [5, 5.41) is 10.9. The molecular weight excluding hydrogens is 473 g/mol. The minimum Gasteiger partial charge on any atom is -0.494 e. The molecule has 1 aliphatic heterocycles. The van der Waals surface area contributed by atoms with Crippen LogP contribution in [0.5, 0.6) is 5.75 Å². The molecule has 1 aromatic heterocycles. The van der Waals surface area contributed by atoms with E-state index in [4.69, 9.17) is 4.74 Å². The van der Waals surface area contributed by atoms with Crippen molar-refractivity contribution in [2.24, 2.45) is 0 Å². The van der Waals surface area contributed by atoms with E-state index >= 15 is 0 Å². The SMILES string of the molecule is CCOc1ccc(C2Nn3c(C)nnc3SC2C(=O)Nc2ccc(Br)cc2F)cc1. The molecule has 0 bridgehead atoms. The molecule has 10 heteroatoms. The second-order valence-electron chi connectivity index (χ2n) is 6.63. The highest BCUT2D eigenvalue weighted by atomic mass is 79.9. The summed E-state index contributed by atoms with van der Waals surface area (Å²) < 4.78 is 22.1. The van der Waals surface area contributed by atoms with Crippen molar-refractivity contribution in [1.29, 1.82) is 0 Å². The molecule has 2 atom stereocenters. The van der Waals surface area contributed by atoms with Gasteiger partial charge in [0.1, 0.15) is 22.6 Å². The molecule has 2 aromatic carbocycles. The number of benzene rings is 2. The van der Waals surface area contributed by atoms with Crippen molar-refractivity contribution >= 4 is 39.3 Å². The normalized spacial score (nSPS) is 17.7. The van der Waals surface area contributed by atoms with Crippen LogP contribution in [0.3, 0.4) is 0 Å². The van der Waals surface area contributed by atoms with Crippen LogP contribution in [0.4, 0.5) is 10.1 Å². The van der Waals surface area contributed by atoms with E-state index in [1.54, 1.807) is 10.7 Å². The Morgan fingerprint density at radius 3 is 2.77 bits per heavy atom. The van der Waals surface area contributed by atoms with Gasteiger partial charge in [-0.05, 0) is 49.7 Å². The first-order valence-corrected chi connectivity index (χ1v) is 11.0. The van der Waals surface area contributed by atoms with Gasteiger partial charge in [0.15, 0.2) is 0 Å². The summed E-state index contributed by atoms with van der Waals surface area (Å²) in [4.78, 5) is 13.1. The first kappa shape index (κ1) is 20.7. The number of anilines is 1. The van der Waals surface area contributed by atoms with Gasteiger partial charge in [0.05, 0.1) is 18.3 Å². The number of amides is 1. The molecule has 0 aliphatic carbocycles. The van der Waals surface area contributed by atoms with E-state index in [0.717, 1.165) is 11.3 Å². The Hall–Kier alpha value is -2.59. The van der Waals surface area contributed by atoms with E-state index in [-0.39, 0.29) is 17.6 Å². The van der Waals surface area contributed by atoms with Gasteiger partial charge >= 0.3 is 0 Å². The number of nitrogens with zero attached hydrogens (tertiary/aromatic N) is 3. The molecular formula is C20H19BrFN5O2S. The van der Waals surface area contributed by atoms with Gasteiger partial charge in [-0.25, -0.2) is 9.07 Å². The van der Waals surface area contributed by atoms with Crippen molar-refractivity contribution < 1.29 is 13.9 Å². The molecule has 2 heterocycles. The fourth-order valence-electron chi connectivity index (χ4n) is 3.14. The van der Waals surface area contributed by atoms with Gasteiger partial charge in [-0.1, -0.05) is 39.8 Å². The van der Waals surface area contributed by atoms with Crippen molar-refractivity contribution in [2.45, 2.75) is 30.3 Å². The summed E-state index contributed by atoms with van der Waals surface area (Å²) in [5.41, 5.74) is 4.33. The van der Waals surface area contributed by atoms with Crippen LogP contribution in [-0.4, -0.2) is 32.6 Å². The van der Waals surface area contributed by atoms with Crippen molar-refractivity contribution in [3.05, 3.63) is 64.1 Å². The maximum atomic E-state index is 14.2. The van der Waals surface area contributed by atoms with Crippen molar-refractivity contribution in [3.63, 3.8) is 0 Å². The van der Waals surface area contributed by atoms with Crippen molar-refractivity contribution in [3.8, 4) is 5.75 Å². The van der Waals surface area contributed by atoms with Crippen molar-refractivity contribution in [1.82, 2.24) is 14.9 Å². The molecule has 1 aliphatic rings. The largest absolute Gasteiger partial charge is 0.494 e. The Labute approximate surface area is 185 Å². The van der Waals surface area contributed by atoms with Crippen molar-refractivity contribution in [2.75, 3.05) is 17.3 Å². The lowest BCUT2D eigenvalue weighted by atomic mass is 10.0. The average Bonchev–Trinajstić information content (AvgIpc) is 3.10. The Morgan fingerprint density at radius 2 is 2.07 bits per heavy atom. The number of fused-ring (bicyclic) bond motifs is 1. The first-order chi connectivity index (χ1) is 14.5. The van der Waals surface area contributed by atoms with Crippen LogP contribution >= 0.6 is 27.7 Å². The Balaban J connectivity index is 1.64. The quantitative estimate of drug-likeness (QED) is 0.554. The number of carbonyl (C=O) groups is 1. The van der Waals surface area contributed by atoms with Crippen LogP contribution in [0, 0.1) is 12.7 Å². The molecule has 4 rings (SSSR count). The van der Waals surface area contributed by atoms with Crippen LogP contribution in [0.15, 0.2) is 52.1 Å². The summed E-state index contributed by atoms with van der Waals surface area (Å²) in [5.74, 6) is 0.595. The van der Waals surface area contributed by atoms with Gasteiger partial charge in [-0.3, -0.25) is 4.79 Å².